The number of rotatable bonds is 4. The molecule has 0 bridgehead atoms. The van der Waals surface area contributed by atoms with Crippen LogP contribution in [-0.2, 0) is 0 Å². The molecule has 0 radical (unpaired) electrons. The van der Waals surface area contributed by atoms with Gasteiger partial charge in [-0.25, -0.2) is 9.59 Å². The third kappa shape index (κ3) is 2.79. The largest absolute Gasteiger partial charge is 0.477 e. The Kier molecular flexibility index (Phi) is 4.47. The number of hydrogen-bond donors (Lipinski definition) is 1. The van der Waals surface area contributed by atoms with Crippen molar-refractivity contribution in [3.05, 3.63) is 39.7 Å². The average molecular weight is 303 g/mol. The zero-order valence-electron chi connectivity index (χ0n) is 12.1. The second-order valence-corrected chi connectivity index (χ2v) is 4.55. The molecular weight excluding hydrogens is 289 g/mol. The van der Waals surface area contributed by atoms with Gasteiger partial charge in [0, 0.05) is 24.5 Å². The normalized spacial score (nSPS) is 10.1. The van der Waals surface area contributed by atoms with E-state index in [4.69, 9.17) is 9.52 Å². The molecule has 5 nitrogen and oxygen atoms in total. The van der Waals surface area contributed by atoms with Crippen molar-refractivity contribution in [1.29, 1.82) is 0 Å². The maximum absolute atomic E-state index is 12.5. The third-order valence-electron chi connectivity index (χ3n) is 3.37. The summed E-state index contributed by atoms with van der Waals surface area (Å²) in [4.78, 5) is 24.6. The van der Waals surface area contributed by atoms with Crippen LogP contribution in [0.5, 0.6) is 0 Å². The van der Waals surface area contributed by atoms with Gasteiger partial charge in [0.05, 0.1) is 11.3 Å². The summed E-state index contributed by atoms with van der Waals surface area (Å²) in [5.41, 5.74) is -0.115. The number of carboxylic acids is 1. The van der Waals surface area contributed by atoms with Gasteiger partial charge in [-0.1, -0.05) is 0 Å². The first kappa shape index (κ1) is 15.6. The molecule has 0 aliphatic heterocycles. The van der Waals surface area contributed by atoms with Gasteiger partial charge in [0.25, 0.3) is 0 Å². The maximum atomic E-state index is 12.5. The minimum Gasteiger partial charge on any atom is -0.477 e. The van der Waals surface area contributed by atoms with Gasteiger partial charge in [-0.15, -0.1) is 4.39 Å². The molecule has 1 aromatic heterocycles. The Morgan fingerprint density at radius 1 is 1.32 bits per heavy atom. The quantitative estimate of drug-likeness (QED) is 0.694. The van der Waals surface area contributed by atoms with E-state index < -0.39 is 17.2 Å². The zero-order valence-corrected chi connectivity index (χ0v) is 12.1. The van der Waals surface area contributed by atoms with Crippen LogP contribution in [0.4, 0.5) is 10.1 Å². The smallest absolute Gasteiger partial charge is 0.351 e. The highest BCUT2D eigenvalue weighted by Crippen LogP contribution is 2.26. The number of hydrogen-bond acceptors (Lipinski definition) is 4. The van der Waals surface area contributed by atoms with Crippen molar-refractivity contribution in [3.63, 3.8) is 0 Å². The first-order valence-corrected chi connectivity index (χ1v) is 6.73. The van der Waals surface area contributed by atoms with Crippen LogP contribution in [0.15, 0.2) is 27.4 Å². The molecule has 114 valence electrons. The van der Waals surface area contributed by atoms with E-state index in [2.05, 4.69) is 5.92 Å². The van der Waals surface area contributed by atoms with E-state index in [9.17, 15) is 14.0 Å². The average Bonchev–Trinajstić information content (AvgIpc) is 2.48. The molecule has 0 unspecified atom stereocenters. The van der Waals surface area contributed by atoms with E-state index >= 15 is 0 Å². The standard InChI is InChI=1S/C16H14FNO4/c1-3-18(4-2)13-9-14-11(7-10(13)5-6-17)8-12(15(19)20)16(21)22-14/h7-9H,3-4H2,1-2H3,(H,19,20). The fourth-order valence-electron chi connectivity index (χ4n) is 2.28. The Morgan fingerprint density at radius 2 is 2.00 bits per heavy atom. The predicted octanol–water partition coefficient (Wildman–Crippen LogP) is 2.62. The van der Waals surface area contributed by atoms with Gasteiger partial charge in [-0.05, 0) is 31.9 Å². The molecule has 0 atom stereocenters. The summed E-state index contributed by atoms with van der Waals surface area (Å²) in [6.45, 7) is 5.20. The van der Waals surface area contributed by atoms with Crippen LogP contribution >= 0.6 is 0 Å². The van der Waals surface area contributed by atoms with E-state index in [0.717, 1.165) is 0 Å². The highest BCUT2D eigenvalue weighted by atomic mass is 19.1. The van der Waals surface area contributed by atoms with Gasteiger partial charge < -0.3 is 14.4 Å². The Hall–Kier alpha value is -2.81. The van der Waals surface area contributed by atoms with E-state index in [0.29, 0.717) is 29.7 Å². The summed E-state index contributed by atoms with van der Waals surface area (Å²) < 4.78 is 17.5. The summed E-state index contributed by atoms with van der Waals surface area (Å²) in [6, 6.07) is 4.30. The molecule has 0 saturated carbocycles. The molecule has 0 spiro atoms. The van der Waals surface area contributed by atoms with Crippen molar-refractivity contribution in [3.8, 4) is 12.1 Å². The molecule has 1 aromatic carbocycles. The molecule has 0 aliphatic rings. The number of benzene rings is 1. The van der Waals surface area contributed by atoms with Gasteiger partial charge in [0.1, 0.15) is 17.3 Å². The minimum atomic E-state index is -1.37. The van der Waals surface area contributed by atoms with Crippen molar-refractivity contribution >= 4 is 22.6 Å². The number of aromatic carboxylic acids is 1. The Morgan fingerprint density at radius 3 is 2.55 bits per heavy atom. The van der Waals surface area contributed by atoms with E-state index in [-0.39, 0.29) is 5.58 Å². The van der Waals surface area contributed by atoms with Crippen LogP contribution in [0.25, 0.3) is 11.0 Å². The van der Waals surface area contributed by atoms with Crippen LogP contribution in [0.3, 0.4) is 0 Å². The molecule has 6 heteroatoms. The van der Waals surface area contributed by atoms with Crippen LogP contribution in [0, 0.1) is 12.1 Å². The van der Waals surface area contributed by atoms with Gasteiger partial charge in [0.2, 0.25) is 0 Å². The van der Waals surface area contributed by atoms with Gasteiger partial charge >= 0.3 is 11.6 Å². The summed E-state index contributed by atoms with van der Waals surface area (Å²) in [7, 11) is 0. The Labute approximate surface area is 126 Å². The molecule has 0 fully saturated rings. The van der Waals surface area contributed by atoms with E-state index in [1.165, 1.54) is 18.3 Å². The second kappa shape index (κ2) is 6.31. The molecule has 2 rings (SSSR count). The van der Waals surface area contributed by atoms with E-state index in [1.807, 2.05) is 18.7 Å². The van der Waals surface area contributed by atoms with Crippen molar-refractivity contribution in [2.45, 2.75) is 13.8 Å². The lowest BCUT2D eigenvalue weighted by molar-refractivity contribution is 0.0692. The van der Waals surface area contributed by atoms with Crippen molar-refractivity contribution in [2.24, 2.45) is 0 Å². The highest BCUT2D eigenvalue weighted by Gasteiger charge is 2.15. The number of carbonyl (C=O) groups is 1. The predicted molar refractivity (Wildman–Crippen MR) is 81.0 cm³/mol. The van der Waals surface area contributed by atoms with Gasteiger partial charge in [0.15, 0.2) is 0 Å². The SMILES string of the molecule is CCN(CC)c1cc2oc(=O)c(C(=O)O)cc2cc1C#CF. The third-order valence-corrected chi connectivity index (χ3v) is 3.37. The Balaban J connectivity index is 2.79. The number of halogens is 1. The first-order valence-electron chi connectivity index (χ1n) is 6.73. The maximum Gasteiger partial charge on any atom is 0.351 e. The number of fused-ring (bicyclic) bond motifs is 1. The molecule has 0 aliphatic carbocycles. The summed E-state index contributed by atoms with van der Waals surface area (Å²) in [6.07, 6.45) is 1.36. The topological polar surface area (TPSA) is 70.8 Å². The van der Waals surface area contributed by atoms with Gasteiger partial charge in [-0.2, -0.15) is 0 Å². The molecule has 1 heterocycles. The number of carboxylic acid groups (broad SMARTS) is 1. The van der Waals surface area contributed by atoms with E-state index in [1.54, 1.807) is 6.07 Å². The molecule has 22 heavy (non-hydrogen) atoms. The summed E-state index contributed by atoms with van der Waals surface area (Å²) >= 11 is 0. The van der Waals surface area contributed by atoms with Crippen LogP contribution < -0.4 is 10.5 Å². The molecule has 2 aromatic rings. The van der Waals surface area contributed by atoms with Crippen LogP contribution in [0.2, 0.25) is 0 Å². The molecule has 1 N–H and O–H groups in total. The zero-order chi connectivity index (χ0) is 16.3. The monoisotopic (exact) mass is 303 g/mol. The Bertz CT molecular complexity index is 841. The lowest BCUT2D eigenvalue weighted by atomic mass is 10.1. The number of nitrogens with zero attached hydrogens (tertiary/aromatic N) is 1. The number of anilines is 1. The molecular formula is C16H14FNO4. The minimum absolute atomic E-state index is 0.237. The van der Waals surface area contributed by atoms with Crippen LogP contribution in [0.1, 0.15) is 29.8 Å². The second-order valence-electron chi connectivity index (χ2n) is 4.55. The fourth-order valence-corrected chi connectivity index (χ4v) is 2.28. The molecule has 0 saturated heterocycles. The van der Waals surface area contributed by atoms with Crippen molar-refractivity contribution in [1.82, 2.24) is 0 Å². The summed E-state index contributed by atoms with van der Waals surface area (Å²) in [5.74, 6) is 0.982. The lowest BCUT2D eigenvalue weighted by Gasteiger charge is -2.22. The van der Waals surface area contributed by atoms with Crippen molar-refractivity contribution in [2.75, 3.05) is 18.0 Å². The fraction of sp³-hybridized carbons (Fsp3) is 0.250. The first-order chi connectivity index (χ1) is 10.5. The van der Waals surface area contributed by atoms with Crippen molar-refractivity contribution < 1.29 is 18.7 Å². The lowest BCUT2D eigenvalue weighted by Crippen LogP contribution is -2.23. The van der Waals surface area contributed by atoms with Crippen LogP contribution in [-0.4, -0.2) is 24.2 Å². The summed E-state index contributed by atoms with van der Waals surface area (Å²) in [5, 5.41) is 9.34. The highest BCUT2D eigenvalue weighted by molar-refractivity contribution is 5.93. The molecule has 0 amide bonds. The van der Waals surface area contributed by atoms with Gasteiger partial charge in [-0.3, -0.25) is 0 Å².